The summed E-state index contributed by atoms with van der Waals surface area (Å²) >= 11 is 0. The minimum atomic E-state index is -0.142. The highest BCUT2D eigenvalue weighted by molar-refractivity contribution is 6.04. The first-order chi connectivity index (χ1) is 7.09. The molecule has 0 aromatic carbocycles. The van der Waals surface area contributed by atoms with Crippen LogP contribution in [0.25, 0.3) is 0 Å². The summed E-state index contributed by atoms with van der Waals surface area (Å²) in [5, 5.41) is 3.18. The van der Waals surface area contributed by atoms with Crippen LogP contribution in [0.2, 0.25) is 0 Å². The summed E-state index contributed by atoms with van der Waals surface area (Å²) in [5.74, 6) is -0.304. The van der Waals surface area contributed by atoms with Gasteiger partial charge >= 0.3 is 0 Å². The fourth-order valence-corrected chi connectivity index (χ4v) is 1.79. The van der Waals surface area contributed by atoms with Crippen LogP contribution in [0, 0.1) is 11.8 Å². The lowest BCUT2D eigenvalue weighted by Gasteiger charge is -2.14. The maximum atomic E-state index is 11.7. The standard InChI is InChI=1S/C11H20N2O2/c1-4-12-6-5-7-13-10(14)8(2)9(3)11(13)15/h8-9,12H,4-7H2,1-3H3. The Morgan fingerprint density at radius 2 is 1.73 bits per heavy atom. The lowest BCUT2D eigenvalue weighted by Crippen LogP contribution is -2.33. The molecule has 1 heterocycles. The minimum absolute atomic E-state index is 0.0102. The summed E-state index contributed by atoms with van der Waals surface area (Å²) < 4.78 is 0. The molecule has 1 N–H and O–H groups in total. The van der Waals surface area contributed by atoms with E-state index in [1.54, 1.807) is 0 Å². The molecule has 1 aliphatic heterocycles. The molecule has 4 heteroatoms. The Bertz CT molecular complexity index is 233. The molecule has 0 radical (unpaired) electrons. The fraction of sp³-hybridized carbons (Fsp3) is 0.818. The molecule has 1 fully saturated rings. The predicted molar refractivity (Wildman–Crippen MR) is 58.2 cm³/mol. The van der Waals surface area contributed by atoms with Gasteiger partial charge in [-0.1, -0.05) is 20.8 Å². The maximum absolute atomic E-state index is 11.7. The molecule has 0 aromatic rings. The van der Waals surface area contributed by atoms with E-state index in [1.807, 2.05) is 20.8 Å². The molecule has 2 unspecified atom stereocenters. The molecule has 4 nitrogen and oxygen atoms in total. The molecule has 0 aliphatic carbocycles. The normalized spacial score (nSPS) is 26.5. The van der Waals surface area contributed by atoms with Gasteiger partial charge in [0.1, 0.15) is 0 Å². The van der Waals surface area contributed by atoms with E-state index in [0.29, 0.717) is 6.54 Å². The maximum Gasteiger partial charge on any atom is 0.232 e. The summed E-state index contributed by atoms with van der Waals surface area (Å²) in [6.45, 7) is 8.03. The van der Waals surface area contributed by atoms with Crippen molar-refractivity contribution in [1.82, 2.24) is 10.2 Å². The van der Waals surface area contributed by atoms with Crippen LogP contribution in [0.4, 0.5) is 0 Å². The first kappa shape index (κ1) is 12.2. The van der Waals surface area contributed by atoms with E-state index in [1.165, 1.54) is 4.90 Å². The summed E-state index contributed by atoms with van der Waals surface area (Å²) in [5.41, 5.74) is 0. The molecule has 1 rings (SSSR count). The van der Waals surface area contributed by atoms with Crippen LogP contribution >= 0.6 is 0 Å². The average molecular weight is 212 g/mol. The fourth-order valence-electron chi connectivity index (χ4n) is 1.79. The van der Waals surface area contributed by atoms with E-state index < -0.39 is 0 Å². The van der Waals surface area contributed by atoms with E-state index in [2.05, 4.69) is 5.32 Å². The zero-order valence-electron chi connectivity index (χ0n) is 9.75. The summed E-state index contributed by atoms with van der Waals surface area (Å²) in [6.07, 6.45) is 0.838. The van der Waals surface area contributed by atoms with Crippen molar-refractivity contribution in [3.8, 4) is 0 Å². The number of carbonyl (C=O) groups is 2. The molecule has 86 valence electrons. The summed E-state index contributed by atoms with van der Waals surface area (Å²) in [4.78, 5) is 24.8. The number of carbonyl (C=O) groups excluding carboxylic acids is 2. The number of hydrogen-bond acceptors (Lipinski definition) is 3. The smallest absolute Gasteiger partial charge is 0.232 e. The third kappa shape index (κ3) is 2.56. The lowest BCUT2D eigenvalue weighted by molar-refractivity contribution is -0.139. The largest absolute Gasteiger partial charge is 0.317 e. The van der Waals surface area contributed by atoms with Gasteiger partial charge < -0.3 is 5.32 Å². The third-order valence-electron chi connectivity index (χ3n) is 3.05. The number of rotatable bonds is 5. The van der Waals surface area contributed by atoms with Crippen molar-refractivity contribution < 1.29 is 9.59 Å². The van der Waals surface area contributed by atoms with Gasteiger partial charge in [0.2, 0.25) is 11.8 Å². The van der Waals surface area contributed by atoms with Crippen LogP contribution in [0.5, 0.6) is 0 Å². The van der Waals surface area contributed by atoms with Crippen molar-refractivity contribution in [1.29, 1.82) is 0 Å². The van der Waals surface area contributed by atoms with Crippen LogP contribution in [-0.4, -0.2) is 36.3 Å². The molecule has 2 atom stereocenters. The quantitative estimate of drug-likeness (QED) is 0.537. The van der Waals surface area contributed by atoms with Crippen LogP contribution in [0.15, 0.2) is 0 Å². The van der Waals surface area contributed by atoms with Gasteiger partial charge in [-0.05, 0) is 19.5 Å². The molecule has 0 spiro atoms. The van der Waals surface area contributed by atoms with Crippen molar-refractivity contribution in [2.45, 2.75) is 27.2 Å². The van der Waals surface area contributed by atoms with Gasteiger partial charge in [-0.25, -0.2) is 0 Å². The number of nitrogens with zero attached hydrogens (tertiary/aromatic N) is 1. The van der Waals surface area contributed by atoms with Crippen molar-refractivity contribution in [2.24, 2.45) is 11.8 Å². The number of amides is 2. The molecule has 1 aliphatic rings. The van der Waals surface area contributed by atoms with Gasteiger partial charge in [0.05, 0.1) is 0 Å². The minimum Gasteiger partial charge on any atom is -0.317 e. The molecule has 2 amide bonds. The molecular weight excluding hydrogens is 192 g/mol. The lowest BCUT2D eigenvalue weighted by atomic mass is 10.00. The van der Waals surface area contributed by atoms with E-state index >= 15 is 0 Å². The van der Waals surface area contributed by atoms with Crippen molar-refractivity contribution in [3.05, 3.63) is 0 Å². The summed E-state index contributed by atoms with van der Waals surface area (Å²) in [7, 11) is 0. The Balaban J connectivity index is 2.41. The second kappa shape index (κ2) is 5.26. The van der Waals surface area contributed by atoms with Crippen LogP contribution in [0.1, 0.15) is 27.2 Å². The number of likely N-dealkylation sites (tertiary alicyclic amines) is 1. The third-order valence-corrected chi connectivity index (χ3v) is 3.05. The first-order valence-corrected chi connectivity index (χ1v) is 5.65. The Hall–Kier alpha value is -0.900. The zero-order chi connectivity index (χ0) is 11.4. The van der Waals surface area contributed by atoms with Gasteiger partial charge in [-0.2, -0.15) is 0 Å². The molecular formula is C11H20N2O2. The van der Waals surface area contributed by atoms with Crippen LogP contribution < -0.4 is 5.32 Å². The van der Waals surface area contributed by atoms with Crippen LogP contribution in [0.3, 0.4) is 0 Å². The number of hydrogen-bond donors (Lipinski definition) is 1. The van der Waals surface area contributed by atoms with E-state index in [-0.39, 0.29) is 23.7 Å². The van der Waals surface area contributed by atoms with Crippen LogP contribution in [-0.2, 0) is 9.59 Å². The van der Waals surface area contributed by atoms with E-state index in [4.69, 9.17) is 0 Å². The Kier molecular flexibility index (Phi) is 4.27. The molecule has 0 bridgehead atoms. The average Bonchev–Trinajstić information content (AvgIpc) is 2.41. The highest BCUT2D eigenvalue weighted by atomic mass is 16.2. The molecule has 0 saturated carbocycles. The van der Waals surface area contributed by atoms with Gasteiger partial charge in [-0.3, -0.25) is 14.5 Å². The molecule has 0 aromatic heterocycles. The van der Waals surface area contributed by atoms with Gasteiger partial charge in [0, 0.05) is 18.4 Å². The number of imide groups is 1. The topological polar surface area (TPSA) is 49.4 Å². The van der Waals surface area contributed by atoms with Gasteiger partial charge in [0.15, 0.2) is 0 Å². The second-order valence-corrected chi connectivity index (χ2v) is 4.11. The van der Waals surface area contributed by atoms with Crippen molar-refractivity contribution in [2.75, 3.05) is 19.6 Å². The number of nitrogens with one attached hydrogen (secondary N) is 1. The summed E-state index contributed by atoms with van der Waals surface area (Å²) in [6, 6.07) is 0. The van der Waals surface area contributed by atoms with Gasteiger partial charge in [-0.15, -0.1) is 0 Å². The second-order valence-electron chi connectivity index (χ2n) is 4.11. The first-order valence-electron chi connectivity index (χ1n) is 5.65. The van der Waals surface area contributed by atoms with Crippen molar-refractivity contribution >= 4 is 11.8 Å². The highest BCUT2D eigenvalue weighted by Crippen LogP contribution is 2.25. The van der Waals surface area contributed by atoms with E-state index in [9.17, 15) is 9.59 Å². The predicted octanol–water partition coefficient (Wildman–Crippen LogP) is 0.627. The Morgan fingerprint density at radius 3 is 2.20 bits per heavy atom. The molecule has 15 heavy (non-hydrogen) atoms. The van der Waals surface area contributed by atoms with E-state index in [0.717, 1.165) is 19.5 Å². The van der Waals surface area contributed by atoms with Crippen molar-refractivity contribution in [3.63, 3.8) is 0 Å². The Labute approximate surface area is 91.0 Å². The Morgan fingerprint density at radius 1 is 1.20 bits per heavy atom. The van der Waals surface area contributed by atoms with Gasteiger partial charge in [0.25, 0.3) is 0 Å². The SMILES string of the molecule is CCNCCCN1C(=O)C(C)C(C)C1=O. The zero-order valence-corrected chi connectivity index (χ0v) is 9.75. The highest BCUT2D eigenvalue weighted by Gasteiger charge is 2.41. The molecule has 1 saturated heterocycles. The monoisotopic (exact) mass is 212 g/mol.